The monoisotopic (exact) mass is 463 g/mol. The van der Waals surface area contributed by atoms with Crippen molar-refractivity contribution in [2.75, 3.05) is 25.0 Å². The highest BCUT2D eigenvalue weighted by atomic mass is 32.1. The van der Waals surface area contributed by atoms with Crippen LogP contribution < -0.4 is 5.32 Å². The SMILES string of the molecule is CC1CN(C(=O)N2CCc3c(sc4ncnc(Nc5ccc6[nH]ncc6c5)c34)C2)CC(C)O1. The fourth-order valence-electron chi connectivity index (χ4n) is 4.88. The summed E-state index contributed by atoms with van der Waals surface area (Å²) in [7, 11) is 0. The number of aromatic nitrogens is 4. The number of hydrogen-bond donors (Lipinski definition) is 2. The summed E-state index contributed by atoms with van der Waals surface area (Å²) in [6.07, 6.45) is 4.33. The van der Waals surface area contributed by atoms with Gasteiger partial charge in [-0.2, -0.15) is 5.10 Å². The Bertz CT molecular complexity index is 1340. The summed E-state index contributed by atoms with van der Waals surface area (Å²) in [6.45, 7) is 6.61. The predicted molar refractivity (Wildman–Crippen MR) is 128 cm³/mol. The molecule has 3 aromatic heterocycles. The molecule has 0 saturated carbocycles. The van der Waals surface area contributed by atoms with E-state index >= 15 is 0 Å². The average Bonchev–Trinajstić information content (AvgIpc) is 3.41. The van der Waals surface area contributed by atoms with E-state index in [2.05, 4.69) is 31.5 Å². The first kappa shape index (κ1) is 20.4. The Balaban J connectivity index is 1.27. The number of carbonyl (C=O) groups is 1. The van der Waals surface area contributed by atoms with E-state index in [9.17, 15) is 4.79 Å². The van der Waals surface area contributed by atoms with E-state index in [0.29, 0.717) is 26.2 Å². The van der Waals surface area contributed by atoms with Crippen molar-refractivity contribution in [2.45, 2.75) is 39.0 Å². The van der Waals surface area contributed by atoms with Crippen LogP contribution in [0.5, 0.6) is 0 Å². The third-order valence-electron chi connectivity index (χ3n) is 6.30. The van der Waals surface area contributed by atoms with Crippen molar-refractivity contribution in [2.24, 2.45) is 0 Å². The van der Waals surface area contributed by atoms with Crippen LogP contribution in [-0.2, 0) is 17.7 Å². The summed E-state index contributed by atoms with van der Waals surface area (Å²) in [4.78, 5) is 28.3. The molecule has 0 spiro atoms. The molecule has 6 rings (SSSR count). The number of carbonyl (C=O) groups excluding carboxylic acids is 1. The van der Waals surface area contributed by atoms with Gasteiger partial charge in [0.05, 0.1) is 35.9 Å². The van der Waals surface area contributed by atoms with Crippen molar-refractivity contribution in [3.63, 3.8) is 0 Å². The molecule has 2 aliphatic rings. The standard InChI is InChI=1S/C23H25N7O2S/c1-13-9-30(10-14(2)32-13)23(31)29-6-5-17-19(11-29)33-22-20(17)21(24-12-25-22)27-16-3-4-18-15(7-16)8-26-28-18/h3-4,7-8,12-14H,5-6,9-11H2,1-2H3,(H,26,28)(H,24,25,27). The second kappa shape index (κ2) is 7.96. The van der Waals surface area contributed by atoms with Gasteiger partial charge in [0.1, 0.15) is 17.0 Å². The molecule has 0 aliphatic carbocycles. The molecule has 9 nitrogen and oxygen atoms in total. The first-order valence-corrected chi connectivity index (χ1v) is 12.0. The minimum atomic E-state index is 0.0626. The zero-order chi connectivity index (χ0) is 22.5. The largest absolute Gasteiger partial charge is 0.372 e. The van der Waals surface area contributed by atoms with Crippen LogP contribution in [0.3, 0.4) is 0 Å². The van der Waals surface area contributed by atoms with Crippen molar-refractivity contribution in [3.8, 4) is 0 Å². The molecule has 33 heavy (non-hydrogen) atoms. The Labute approximate surface area is 194 Å². The van der Waals surface area contributed by atoms with Gasteiger partial charge in [-0.3, -0.25) is 5.10 Å². The van der Waals surface area contributed by atoms with E-state index in [0.717, 1.165) is 39.0 Å². The van der Waals surface area contributed by atoms with Crippen molar-refractivity contribution in [1.29, 1.82) is 0 Å². The van der Waals surface area contributed by atoms with Gasteiger partial charge in [-0.25, -0.2) is 14.8 Å². The zero-order valence-electron chi connectivity index (χ0n) is 18.5. The van der Waals surface area contributed by atoms with Crippen LogP contribution in [0.1, 0.15) is 24.3 Å². The van der Waals surface area contributed by atoms with E-state index in [-0.39, 0.29) is 18.2 Å². The van der Waals surface area contributed by atoms with Crippen molar-refractivity contribution in [1.82, 2.24) is 30.0 Å². The number of nitrogens with zero attached hydrogens (tertiary/aromatic N) is 5. The molecule has 1 fully saturated rings. The lowest BCUT2D eigenvalue weighted by molar-refractivity contribution is -0.0585. The Hall–Kier alpha value is -3.24. The summed E-state index contributed by atoms with van der Waals surface area (Å²) in [5, 5.41) is 12.6. The maximum atomic E-state index is 13.2. The highest BCUT2D eigenvalue weighted by molar-refractivity contribution is 7.19. The number of morpholine rings is 1. The van der Waals surface area contributed by atoms with Crippen molar-refractivity contribution < 1.29 is 9.53 Å². The Morgan fingerprint density at radius 2 is 2.06 bits per heavy atom. The fourth-order valence-corrected chi connectivity index (χ4v) is 6.08. The predicted octanol–water partition coefficient (Wildman–Crippen LogP) is 3.90. The number of fused-ring (bicyclic) bond motifs is 4. The molecule has 0 radical (unpaired) electrons. The second-order valence-corrected chi connectivity index (χ2v) is 9.90. The van der Waals surface area contributed by atoms with Crippen LogP contribution in [0, 0.1) is 0 Å². The molecule has 1 aromatic carbocycles. The number of aromatic amines is 1. The van der Waals surface area contributed by atoms with Crippen LogP contribution in [0.4, 0.5) is 16.3 Å². The topological polar surface area (TPSA) is 99.3 Å². The first-order chi connectivity index (χ1) is 16.0. The molecule has 2 unspecified atom stereocenters. The van der Waals surface area contributed by atoms with Gasteiger partial charge in [0, 0.05) is 35.6 Å². The van der Waals surface area contributed by atoms with Crippen molar-refractivity contribution in [3.05, 3.63) is 41.2 Å². The van der Waals surface area contributed by atoms with Crippen LogP contribution in [0.15, 0.2) is 30.7 Å². The normalized spacial score (nSPS) is 20.9. The molecule has 170 valence electrons. The van der Waals surface area contributed by atoms with Gasteiger partial charge in [0.2, 0.25) is 0 Å². The van der Waals surface area contributed by atoms with E-state index in [1.165, 1.54) is 10.4 Å². The van der Waals surface area contributed by atoms with Gasteiger partial charge >= 0.3 is 6.03 Å². The van der Waals surface area contributed by atoms with Gasteiger partial charge in [0.25, 0.3) is 0 Å². The molecule has 2 amide bonds. The molecular weight excluding hydrogens is 438 g/mol. The molecule has 4 aromatic rings. The minimum Gasteiger partial charge on any atom is -0.372 e. The maximum Gasteiger partial charge on any atom is 0.320 e. The average molecular weight is 464 g/mol. The third-order valence-corrected chi connectivity index (χ3v) is 7.43. The number of ether oxygens (including phenoxy) is 1. The maximum absolute atomic E-state index is 13.2. The summed E-state index contributed by atoms with van der Waals surface area (Å²) in [5.41, 5.74) is 3.19. The van der Waals surface area contributed by atoms with Crippen LogP contribution in [0.2, 0.25) is 0 Å². The number of amides is 2. The van der Waals surface area contributed by atoms with Gasteiger partial charge in [-0.15, -0.1) is 11.3 Å². The lowest BCUT2D eigenvalue weighted by Crippen LogP contribution is -2.53. The highest BCUT2D eigenvalue weighted by Gasteiger charge is 2.32. The third kappa shape index (κ3) is 3.68. The van der Waals surface area contributed by atoms with Crippen LogP contribution in [-0.4, -0.2) is 67.8 Å². The molecule has 0 bridgehead atoms. The first-order valence-electron chi connectivity index (χ1n) is 11.2. The van der Waals surface area contributed by atoms with Gasteiger partial charge in [0.15, 0.2) is 0 Å². The Kier molecular flexibility index (Phi) is 4.92. The molecule has 5 heterocycles. The van der Waals surface area contributed by atoms with E-state index in [1.54, 1.807) is 17.7 Å². The number of rotatable bonds is 2. The number of thiophene rings is 1. The van der Waals surface area contributed by atoms with Crippen LogP contribution in [0.25, 0.3) is 21.1 Å². The summed E-state index contributed by atoms with van der Waals surface area (Å²) in [5.74, 6) is 0.802. The molecule has 1 saturated heterocycles. The van der Waals surface area contributed by atoms with Gasteiger partial charge in [-0.1, -0.05) is 0 Å². The highest BCUT2D eigenvalue weighted by Crippen LogP contribution is 2.38. The zero-order valence-corrected chi connectivity index (χ0v) is 19.4. The molecular formula is C23H25N7O2S. The minimum absolute atomic E-state index is 0.0626. The lowest BCUT2D eigenvalue weighted by atomic mass is 10.0. The molecule has 10 heteroatoms. The lowest BCUT2D eigenvalue weighted by Gasteiger charge is -2.39. The number of anilines is 2. The number of hydrogen-bond acceptors (Lipinski definition) is 7. The molecule has 2 N–H and O–H groups in total. The Morgan fingerprint density at radius 3 is 2.91 bits per heavy atom. The molecule has 2 aliphatic heterocycles. The van der Waals surface area contributed by atoms with Gasteiger partial charge in [-0.05, 0) is 44.0 Å². The van der Waals surface area contributed by atoms with Crippen LogP contribution >= 0.6 is 11.3 Å². The van der Waals surface area contributed by atoms with E-state index < -0.39 is 0 Å². The Morgan fingerprint density at radius 1 is 1.21 bits per heavy atom. The number of urea groups is 1. The number of nitrogens with one attached hydrogen (secondary N) is 2. The fraction of sp³-hybridized carbons (Fsp3) is 0.391. The summed E-state index contributed by atoms with van der Waals surface area (Å²) < 4.78 is 5.79. The summed E-state index contributed by atoms with van der Waals surface area (Å²) >= 11 is 1.65. The number of benzene rings is 1. The molecule has 2 atom stereocenters. The van der Waals surface area contributed by atoms with E-state index in [4.69, 9.17) is 4.74 Å². The van der Waals surface area contributed by atoms with Gasteiger partial charge < -0.3 is 19.9 Å². The van der Waals surface area contributed by atoms with E-state index in [1.807, 2.05) is 42.0 Å². The number of H-pyrrole nitrogens is 1. The quantitative estimate of drug-likeness (QED) is 0.468. The second-order valence-electron chi connectivity index (χ2n) is 8.82. The van der Waals surface area contributed by atoms with Crippen molar-refractivity contribution >= 4 is 50.0 Å². The smallest absolute Gasteiger partial charge is 0.320 e. The summed E-state index contributed by atoms with van der Waals surface area (Å²) in [6, 6.07) is 6.16.